The molecule has 0 bridgehead atoms. The highest BCUT2D eigenvalue weighted by atomic mass is 79.9. The number of rotatable bonds is 2. The van der Waals surface area contributed by atoms with Crippen LogP contribution in [0.2, 0.25) is 0 Å². The average Bonchev–Trinajstić information content (AvgIpc) is 2.44. The van der Waals surface area contributed by atoms with Crippen LogP contribution in [0.25, 0.3) is 10.1 Å². The van der Waals surface area contributed by atoms with E-state index in [1.165, 1.54) is 10.1 Å². The van der Waals surface area contributed by atoms with Gasteiger partial charge in [0.2, 0.25) is 0 Å². The molecule has 0 radical (unpaired) electrons. The van der Waals surface area contributed by atoms with Gasteiger partial charge in [-0.05, 0) is 52.5 Å². The van der Waals surface area contributed by atoms with Crippen molar-refractivity contribution in [3.8, 4) is 5.75 Å². The second-order valence-electron chi connectivity index (χ2n) is 2.68. The number of thiophene rings is 1. The van der Waals surface area contributed by atoms with Gasteiger partial charge in [-0.3, -0.25) is 0 Å². The fourth-order valence-electron chi connectivity index (χ4n) is 1.24. The minimum atomic E-state index is 0.720. The smallest absolute Gasteiger partial charge is 0.120 e. The zero-order valence-electron chi connectivity index (χ0n) is 7.21. The molecule has 0 unspecified atom stereocenters. The van der Waals surface area contributed by atoms with Gasteiger partial charge in [0.1, 0.15) is 5.75 Å². The first-order chi connectivity index (χ1) is 6.29. The summed E-state index contributed by atoms with van der Waals surface area (Å²) in [5, 5.41) is 1.26. The van der Waals surface area contributed by atoms with E-state index in [0.29, 0.717) is 0 Å². The lowest BCUT2D eigenvalue weighted by Gasteiger charge is -2.01. The van der Waals surface area contributed by atoms with Crippen molar-refractivity contribution >= 4 is 37.4 Å². The molecule has 0 spiro atoms. The number of fused-ring (bicyclic) bond motifs is 1. The van der Waals surface area contributed by atoms with Crippen molar-refractivity contribution in [3.63, 3.8) is 0 Å². The molecule has 0 aliphatic carbocycles. The van der Waals surface area contributed by atoms with Gasteiger partial charge in [0.25, 0.3) is 0 Å². The molecule has 1 aromatic heterocycles. The second kappa shape index (κ2) is 3.68. The van der Waals surface area contributed by atoms with Crippen molar-refractivity contribution in [2.75, 3.05) is 6.61 Å². The van der Waals surface area contributed by atoms with Gasteiger partial charge >= 0.3 is 0 Å². The van der Waals surface area contributed by atoms with E-state index in [0.717, 1.165) is 16.1 Å². The number of ether oxygens (including phenoxy) is 1. The molecular weight excluding hydrogens is 248 g/mol. The Morgan fingerprint density at radius 3 is 3.00 bits per heavy atom. The van der Waals surface area contributed by atoms with Gasteiger partial charge < -0.3 is 4.74 Å². The molecule has 1 aromatic carbocycles. The Morgan fingerprint density at radius 1 is 1.38 bits per heavy atom. The Bertz CT molecular complexity index is 422. The first-order valence-electron chi connectivity index (χ1n) is 4.11. The van der Waals surface area contributed by atoms with E-state index in [4.69, 9.17) is 4.74 Å². The Labute approximate surface area is 89.5 Å². The molecular formula is C10H9BrOS. The maximum absolute atomic E-state index is 5.41. The third-order valence-electron chi connectivity index (χ3n) is 1.77. The normalized spacial score (nSPS) is 10.6. The largest absolute Gasteiger partial charge is 0.494 e. The van der Waals surface area contributed by atoms with Crippen LogP contribution in [0.4, 0.5) is 0 Å². The number of hydrogen-bond donors (Lipinski definition) is 0. The standard InChI is InChI=1S/C10H9BrOS/c1-2-12-8-4-3-7-5-10(11)13-9(7)6-8/h3-6H,2H2,1H3. The fraction of sp³-hybridized carbons (Fsp3) is 0.200. The second-order valence-corrected chi connectivity index (χ2v) is 5.15. The van der Waals surface area contributed by atoms with Crippen LogP contribution in [0, 0.1) is 0 Å². The van der Waals surface area contributed by atoms with E-state index in [-0.39, 0.29) is 0 Å². The fourth-order valence-corrected chi connectivity index (χ4v) is 2.82. The third-order valence-corrected chi connectivity index (χ3v) is 3.37. The van der Waals surface area contributed by atoms with Crippen LogP contribution >= 0.6 is 27.3 Å². The molecule has 0 N–H and O–H groups in total. The van der Waals surface area contributed by atoms with Gasteiger partial charge in [0, 0.05) is 4.70 Å². The molecule has 3 heteroatoms. The molecule has 0 aliphatic rings. The van der Waals surface area contributed by atoms with Gasteiger partial charge in [-0.15, -0.1) is 11.3 Å². The van der Waals surface area contributed by atoms with Crippen molar-refractivity contribution in [1.29, 1.82) is 0 Å². The lowest BCUT2D eigenvalue weighted by Crippen LogP contribution is -1.89. The highest BCUT2D eigenvalue weighted by molar-refractivity contribution is 9.11. The van der Waals surface area contributed by atoms with Crippen molar-refractivity contribution in [2.45, 2.75) is 6.92 Å². The van der Waals surface area contributed by atoms with Crippen molar-refractivity contribution in [2.24, 2.45) is 0 Å². The van der Waals surface area contributed by atoms with Gasteiger partial charge in [0.05, 0.1) is 10.4 Å². The van der Waals surface area contributed by atoms with E-state index in [9.17, 15) is 0 Å². The highest BCUT2D eigenvalue weighted by Gasteiger charge is 2.00. The molecule has 2 rings (SSSR count). The lowest BCUT2D eigenvalue weighted by atomic mass is 10.2. The maximum atomic E-state index is 5.41. The molecule has 0 aliphatic heterocycles. The topological polar surface area (TPSA) is 9.23 Å². The van der Waals surface area contributed by atoms with Crippen LogP contribution in [-0.2, 0) is 0 Å². The summed E-state index contributed by atoms with van der Waals surface area (Å²) in [6.07, 6.45) is 0. The number of halogens is 1. The van der Waals surface area contributed by atoms with Crippen LogP contribution < -0.4 is 4.74 Å². The van der Waals surface area contributed by atoms with Crippen LogP contribution in [0.5, 0.6) is 5.75 Å². The minimum Gasteiger partial charge on any atom is -0.494 e. The highest BCUT2D eigenvalue weighted by Crippen LogP contribution is 2.32. The molecule has 0 saturated carbocycles. The van der Waals surface area contributed by atoms with Crippen molar-refractivity contribution < 1.29 is 4.74 Å². The summed E-state index contributed by atoms with van der Waals surface area (Å²) in [6, 6.07) is 8.29. The van der Waals surface area contributed by atoms with Crippen molar-refractivity contribution in [3.05, 3.63) is 28.1 Å². The van der Waals surface area contributed by atoms with Crippen LogP contribution in [-0.4, -0.2) is 6.61 Å². The van der Waals surface area contributed by atoms with Gasteiger partial charge in [-0.25, -0.2) is 0 Å². The molecule has 0 fully saturated rings. The van der Waals surface area contributed by atoms with E-state index >= 15 is 0 Å². The third kappa shape index (κ3) is 1.86. The van der Waals surface area contributed by atoms with E-state index < -0.39 is 0 Å². The summed E-state index contributed by atoms with van der Waals surface area (Å²) < 4.78 is 7.84. The molecule has 0 amide bonds. The summed E-state index contributed by atoms with van der Waals surface area (Å²) >= 11 is 5.19. The average molecular weight is 257 g/mol. The SMILES string of the molecule is CCOc1ccc2cc(Br)sc2c1. The Hall–Kier alpha value is -0.540. The van der Waals surface area contributed by atoms with Crippen LogP contribution in [0.15, 0.2) is 28.1 Å². The summed E-state index contributed by atoms with van der Waals surface area (Å²) in [7, 11) is 0. The molecule has 2 aromatic rings. The van der Waals surface area contributed by atoms with Gasteiger partial charge in [0.15, 0.2) is 0 Å². The summed E-state index contributed by atoms with van der Waals surface area (Å²) in [5.74, 6) is 0.948. The molecule has 13 heavy (non-hydrogen) atoms. The first-order valence-corrected chi connectivity index (χ1v) is 5.72. The van der Waals surface area contributed by atoms with Crippen LogP contribution in [0.1, 0.15) is 6.92 Å². The summed E-state index contributed by atoms with van der Waals surface area (Å²) in [6.45, 7) is 2.71. The Morgan fingerprint density at radius 2 is 2.23 bits per heavy atom. The summed E-state index contributed by atoms with van der Waals surface area (Å²) in [5.41, 5.74) is 0. The molecule has 0 saturated heterocycles. The molecule has 1 nitrogen and oxygen atoms in total. The predicted molar refractivity (Wildman–Crippen MR) is 60.7 cm³/mol. The van der Waals surface area contributed by atoms with E-state index in [1.54, 1.807) is 11.3 Å². The number of hydrogen-bond acceptors (Lipinski definition) is 2. The molecule has 1 heterocycles. The lowest BCUT2D eigenvalue weighted by molar-refractivity contribution is 0.341. The maximum Gasteiger partial charge on any atom is 0.120 e. The number of benzene rings is 1. The Kier molecular flexibility index (Phi) is 2.56. The minimum absolute atomic E-state index is 0.720. The first kappa shape index (κ1) is 9.03. The quantitative estimate of drug-likeness (QED) is 0.788. The Balaban J connectivity index is 2.48. The predicted octanol–water partition coefficient (Wildman–Crippen LogP) is 4.06. The zero-order valence-corrected chi connectivity index (χ0v) is 9.61. The monoisotopic (exact) mass is 256 g/mol. The molecule has 0 atom stereocenters. The zero-order chi connectivity index (χ0) is 9.26. The summed E-state index contributed by atoms with van der Waals surface area (Å²) in [4.78, 5) is 0. The van der Waals surface area contributed by atoms with E-state index in [2.05, 4.69) is 34.1 Å². The van der Waals surface area contributed by atoms with Gasteiger partial charge in [-0.1, -0.05) is 0 Å². The van der Waals surface area contributed by atoms with Crippen molar-refractivity contribution in [1.82, 2.24) is 0 Å². The van der Waals surface area contributed by atoms with Crippen LogP contribution in [0.3, 0.4) is 0 Å². The van der Waals surface area contributed by atoms with Gasteiger partial charge in [-0.2, -0.15) is 0 Å². The molecule has 68 valence electrons. The van der Waals surface area contributed by atoms with E-state index in [1.807, 2.05) is 13.0 Å².